The standard InChI is InChI=1S/C22H30O3/c1-4-6-8-10-16-12-13-17-15-20(22(23)24)21(25-3)18(19(17)14-16)11-9-7-5-2/h12-15H,4-11H2,1-3H3,(H,23,24). The van der Waals surface area contributed by atoms with Crippen LogP contribution in [-0.4, -0.2) is 18.2 Å². The van der Waals surface area contributed by atoms with Gasteiger partial charge < -0.3 is 9.84 Å². The highest BCUT2D eigenvalue weighted by Crippen LogP contribution is 2.34. The molecule has 0 amide bonds. The van der Waals surface area contributed by atoms with Crippen molar-refractivity contribution in [1.82, 2.24) is 0 Å². The van der Waals surface area contributed by atoms with E-state index in [0.717, 1.165) is 48.4 Å². The molecule has 0 aliphatic heterocycles. The molecule has 0 saturated heterocycles. The van der Waals surface area contributed by atoms with Crippen LogP contribution in [-0.2, 0) is 12.8 Å². The zero-order valence-corrected chi connectivity index (χ0v) is 15.7. The lowest BCUT2D eigenvalue weighted by Gasteiger charge is -2.16. The van der Waals surface area contributed by atoms with E-state index >= 15 is 0 Å². The van der Waals surface area contributed by atoms with Gasteiger partial charge in [-0.15, -0.1) is 0 Å². The molecule has 0 heterocycles. The molecule has 3 nitrogen and oxygen atoms in total. The molecule has 136 valence electrons. The van der Waals surface area contributed by atoms with Crippen LogP contribution in [0, 0.1) is 0 Å². The van der Waals surface area contributed by atoms with Crippen LogP contribution >= 0.6 is 0 Å². The van der Waals surface area contributed by atoms with Crippen LogP contribution in [0.15, 0.2) is 24.3 Å². The normalized spacial score (nSPS) is 11.0. The van der Waals surface area contributed by atoms with Gasteiger partial charge in [0.15, 0.2) is 0 Å². The molecule has 1 N–H and O–H groups in total. The minimum absolute atomic E-state index is 0.264. The number of carboxylic acid groups (broad SMARTS) is 1. The molecule has 0 aliphatic carbocycles. The Hall–Kier alpha value is -2.03. The van der Waals surface area contributed by atoms with E-state index in [1.54, 1.807) is 13.2 Å². The summed E-state index contributed by atoms with van der Waals surface area (Å²) in [6.45, 7) is 4.39. The molecule has 0 fully saturated rings. The van der Waals surface area contributed by atoms with Crippen LogP contribution in [0.2, 0.25) is 0 Å². The maximum absolute atomic E-state index is 11.7. The molecule has 2 aromatic carbocycles. The second-order valence-electron chi connectivity index (χ2n) is 6.71. The van der Waals surface area contributed by atoms with Gasteiger partial charge in [-0.25, -0.2) is 4.79 Å². The number of rotatable bonds is 10. The van der Waals surface area contributed by atoms with Crippen molar-refractivity contribution in [3.05, 3.63) is 41.0 Å². The van der Waals surface area contributed by atoms with E-state index < -0.39 is 5.97 Å². The SMILES string of the molecule is CCCCCc1ccc2cc(C(=O)O)c(OC)c(CCCCC)c2c1. The van der Waals surface area contributed by atoms with Crippen LogP contribution in [0.1, 0.15) is 73.9 Å². The topological polar surface area (TPSA) is 46.5 Å². The van der Waals surface area contributed by atoms with Crippen LogP contribution in [0.4, 0.5) is 0 Å². The Morgan fingerprint density at radius 1 is 1.00 bits per heavy atom. The van der Waals surface area contributed by atoms with E-state index in [4.69, 9.17) is 4.74 Å². The zero-order valence-electron chi connectivity index (χ0n) is 15.7. The largest absolute Gasteiger partial charge is 0.496 e. The lowest BCUT2D eigenvalue weighted by molar-refractivity contribution is 0.0693. The predicted octanol–water partition coefficient (Wildman–Crippen LogP) is 6.01. The van der Waals surface area contributed by atoms with Crippen molar-refractivity contribution in [2.45, 2.75) is 65.2 Å². The summed E-state index contributed by atoms with van der Waals surface area (Å²) in [5.41, 5.74) is 2.63. The Kier molecular flexibility index (Phi) is 7.30. The smallest absolute Gasteiger partial charge is 0.339 e. The molecular weight excluding hydrogens is 312 g/mol. The molecule has 0 saturated carbocycles. The van der Waals surface area contributed by atoms with E-state index in [1.807, 2.05) is 0 Å². The van der Waals surface area contributed by atoms with E-state index in [2.05, 4.69) is 32.0 Å². The highest BCUT2D eigenvalue weighted by atomic mass is 16.5. The van der Waals surface area contributed by atoms with Crippen molar-refractivity contribution >= 4 is 16.7 Å². The van der Waals surface area contributed by atoms with Gasteiger partial charge in [0.2, 0.25) is 0 Å². The van der Waals surface area contributed by atoms with Crippen molar-refractivity contribution in [2.75, 3.05) is 7.11 Å². The minimum Gasteiger partial charge on any atom is -0.496 e. The Morgan fingerprint density at radius 2 is 1.68 bits per heavy atom. The molecule has 2 aromatic rings. The van der Waals surface area contributed by atoms with Gasteiger partial charge in [0, 0.05) is 5.56 Å². The molecule has 0 bridgehead atoms. The minimum atomic E-state index is -0.928. The van der Waals surface area contributed by atoms with Crippen LogP contribution < -0.4 is 4.74 Å². The molecule has 3 heteroatoms. The fourth-order valence-corrected chi connectivity index (χ4v) is 3.42. The fourth-order valence-electron chi connectivity index (χ4n) is 3.42. The van der Waals surface area contributed by atoms with Crippen molar-refractivity contribution < 1.29 is 14.6 Å². The molecule has 0 atom stereocenters. The number of hydrogen-bond donors (Lipinski definition) is 1. The van der Waals surface area contributed by atoms with Crippen LogP contribution in [0.3, 0.4) is 0 Å². The van der Waals surface area contributed by atoms with Gasteiger partial charge in [-0.1, -0.05) is 57.7 Å². The number of benzene rings is 2. The van der Waals surface area contributed by atoms with Crippen molar-refractivity contribution in [3.8, 4) is 5.75 Å². The first-order valence-electron chi connectivity index (χ1n) is 9.48. The number of carbonyl (C=O) groups is 1. The van der Waals surface area contributed by atoms with Gasteiger partial charge in [-0.05, 0) is 48.1 Å². The molecule has 0 radical (unpaired) electrons. The average Bonchev–Trinajstić information content (AvgIpc) is 2.61. The van der Waals surface area contributed by atoms with Crippen LogP contribution in [0.5, 0.6) is 5.75 Å². The van der Waals surface area contributed by atoms with Gasteiger partial charge in [-0.2, -0.15) is 0 Å². The van der Waals surface area contributed by atoms with Crippen LogP contribution in [0.25, 0.3) is 10.8 Å². The molecule has 0 aliphatic rings. The second-order valence-corrected chi connectivity index (χ2v) is 6.71. The molecule has 25 heavy (non-hydrogen) atoms. The maximum atomic E-state index is 11.7. The Labute approximate surface area is 151 Å². The predicted molar refractivity (Wildman–Crippen MR) is 104 cm³/mol. The summed E-state index contributed by atoms with van der Waals surface area (Å²) in [6, 6.07) is 8.17. The Balaban J connectivity index is 2.51. The third kappa shape index (κ3) is 4.75. The monoisotopic (exact) mass is 342 g/mol. The van der Waals surface area contributed by atoms with Crippen molar-refractivity contribution in [1.29, 1.82) is 0 Å². The summed E-state index contributed by atoms with van der Waals surface area (Å²) in [4.78, 5) is 11.7. The second kappa shape index (κ2) is 9.45. The molecule has 0 unspecified atom stereocenters. The summed E-state index contributed by atoms with van der Waals surface area (Å²) in [7, 11) is 1.57. The molecular formula is C22H30O3. The van der Waals surface area contributed by atoms with Gasteiger partial charge >= 0.3 is 5.97 Å². The number of fused-ring (bicyclic) bond motifs is 1. The molecule has 2 rings (SSSR count). The van der Waals surface area contributed by atoms with E-state index in [9.17, 15) is 9.90 Å². The molecule has 0 aromatic heterocycles. The molecule has 0 spiro atoms. The number of hydrogen-bond acceptors (Lipinski definition) is 2. The van der Waals surface area contributed by atoms with Gasteiger partial charge in [0.1, 0.15) is 11.3 Å². The van der Waals surface area contributed by atoms with Gasteiger partial charge in [-0.3, -0.25) is 0 Å². The summed E-state index contributed by atoms with van der Waals surface area (Å²) < 4.78 is 5.53. The third-order valence-electron chi connectivity index (χ3n) is 4.80. The zero-order chi connectivity index (χ0) is 18.2. The summed E-state index contributed by atoms with van der Waals surface area (Å²) in [6.07, 6.45) is 8.89. The number of methoxy groups -OCH3 is 1. The first kappa shape index (κ1) is 19.3. The number of unbranched alkanes of at least 4 members (excludes halogenated alkanes) is 4. The average molecular weight is 342 g/mol. The summed E-state index contributed by atoms with van der Waals surface area (Å²) in [5.74, 6) is -0.399. The van der Waals surface area contributed by atoms with E-state index in [-0.39, 0.29) is 5.56 Å². The summed E-state index contributed by atoms with van der Waals surface area (Å²) in [5, 5.41) is 11.7. The van der Waals surface area contributed by atoms with E-state index in [1.165, 1.54) is 24.8 Å². The van der Waals surface area contributed by atoms with Crippen molar-refractivity contribution in [3.63, 3.8) is 0 Å². The lowest BCUT2D eigenvalue weighted by Crippen LogP contribution is -2.05. The summed E-state index contributed by atoms with van der Waals surface area (Å²) >= 11 is 0. The van der Waals surface area contributed by atoms with Crippen molar-refractivity contribution in [2.24, 2.45) is 0 Å². The Bertz CT molecular complexity index is 719. The highest BCUT2D eigenvalue weighted by Gasteiger charge is 2.18. The Morgan fingerprint density at radius 3 is 2.28 bits per heavy atom. The third-order valence-corrected chi connectivity index (χ3v) is 4.80. The lowest BCUT2D eigenvalue weighted by atomic mass is 9.93. The fraction of sp³-hybridized carbons (Fsp3) is 0.500. The number of aromatic carboxylic acids is 1. The van der Waals surface area contributed by atoms with Gasteiger partial charge in [0.05, 0.1) is 7.11 Å². The number of ether oxygens (including phenoxy) is 1. The van der Waals surface area contributed by atoms with Gasteiger partial charge in [0.25, 0.3) is 0 Å². The van der Waals surface area contributed by atoms with E-state index in [0.29, 0.717) is 5.75 Å². The highest BCUT2D eigenvalue weighted by molar-refractivity contribution is 6.00. The quantitative estimate of drug-likeness (QED) is 0.538. The number of carboxylic acids is 1. The first-order valence-corrected chi connectivity index (χ1v) is 9.48. The maximum Gasteiger partial charge on any atom is 0.339 e. The first-order chi connectivity index (χ1) is 12.1. The number of aryl methyl sites for hydroxylation is 2.